The van der Waals surface area contributed by atoms with Gasteiger partial charge in [-0.05, 0) is 55.6 Å². The summed E-state index contributed by atoms with van der Waals surface area (Å²) in [6.07, 6.45) is 2.07. The van der Waals surface area contributed by atoms with Gasteiger partial charge in [0.1, 0.15) is 11.9 Å². The predicted octanol–water partition coefficient (Wildman–Crippen LogP) is 3.08. The van der Waals surface area contributed by atoms with E-state index >= 15 is 0 Å². The molecular formula is C27H33F3N4O4. The van der Waals surface area contributed by atoms with Crippen LogP contribution >= 0.6 is 0 Å². The maximum absolute atomic E-state index is 14.9. The number of piperidine rings is 1. The van der Waals surface area contributed by atoms with Crippen LogP contribution in [-0.2, 0) is 4.79 Å². The molecule has 0 radical (unpaired) electrons. The number of nitrogens with two attached hydrogens (primary N) is 1. The maximum Gasteiger partial charge on any atom is 0.260 e. The number of nitrogens with zero attached hydrogens (tertiary/aromatic N) is 3. The molecule has 8 nitrogen and oxygen atoms in total. The molecule has 4 rings (SSSR count). The molecule has 2 fully saturated rings. The quantitative estimate of drug-likeness (QED) is 0.512. The van der Waals surface area contributed by atoms with E-state index in [0.29, 0.717) is 36.7 Å². The number of pyridine rings is 1. The average Bonchev–Trinajstić information content (AvgIpc) is 3.30. The number of halogens is 3. The highest BCUT2D eigenvalue weighted by atomic mass is 19.3. The van der Waals surface area contributed by atoms with E-state index in [-0.39, 0.29) is 37.4 Å². The van der Waals surface area contributed by atoms with Crippen molar-refractivity contribution < 1.29 is 32.6 Å². The third kappa shape index (κ3) is 6.63. The summed E-state index contributed by atoms with van der Waals surface area (Å²) < 4.78 is 47.9. The second kappa shape index (κ2) is 11.7. The fourth-order valence-electron chi connectivity index (χ4n) is 4.92. The van der Waals surface area contributed by atoms with Crippen LogP contribution < -0.4 is 10.5 Å². The molecule has 3 N–H and O–H groups in total. The lowest BCUT2D eigenvalue weighted by molar-refractivity contribution is -0.121. The topological polar surface area (TPSA) is 109 Å². The van der Waals surface area contributed by atoms with Crippen LogP contribution in [0.4, 0.5) is 13.2 Å². The van der Waals surface area contributed by atoms with Crippen LogP contribution in [0, 0.1) is 11.7 Å². The van der Waals surface area contributed by atoms with Gasteiger partial charge in [0.15, 0.2) is 0 Å². The van der Waals surface area contributed by atoms with E-state index in [1.54, 1.807) is 29.3 Å². The van der Waals surface area contributed by atoms with Crippen molar-refractivity contribution in [1.82, 2.24) is 14.8 Å². The number of amides is 2. The largest absolute Gasteiger partial charge is 0.477 e. The minimum absolute atomic E-state index is 0.0257. The Kier molecular flexibility index (Phi) is 8.57. The molecule has 2 amide bonds. The van der Waals surface area contributed by atoms with E-state index in [2.05, 4.69) is 4.98 Å². The summed E-state index contributed by atoms with van der Waals surface area (Å²) in [6, 6.07) is 6.55. The molecule has 0 aliphatic carbocycles. The summed E-state index contributed by atoms with van der Waals surface area (Å²) in [5.41, 5.74) is 6.23. The fraction of sp³-hybridized carbons (Fsp3) is 0.519. The number of carbonyl (C=O) groups excluding carboxylic acids is 2. The maximum atomic E-state index is 14.9. The number of benzene rings is 1. The molecule has 0 bridgehead atoms. The number of likely N-dealkylation sites (tertiary alicyclic amines) is 2. The molecule has 3 heterocycles. The second-order valence-electron chi connectivity index (χ2n) is 10.1. The molecule has 2 aliphatic rings. The molecule has 2 aromatic rings. The molecule has 38 heavy (non-hydrogen) atoms. The first kappa shape index (κ1) is 27.8. The van der Waals surface area contributed by atoms with Gasteiger partial charge in [-0.25, -0.2) is 18.2 Å². The van der Waals surface area contributed by atoms with Crippen molar-refractivity contribution in [1.29, 1.82) is 0 Å². The molecule has 2 atom stereocenters. The van der Waals surface area contributed by atoms with Crippen LogP contribution in [0.5, 0.6) is 5.88 Å². The summed E-state index contributed by atoms with van der Waals surface area (Å²) in [4.78, 5) is 31.6. The van der Waals surface area contributed by atoms with Gasteiger partial charge in [0.2, 0.25) is 11.8 Å². The van der Waals surface area contributed by atoms with Crippen LogP contribution in [0.3, 0.4) is 0 Å². The monoisotopic (exact) mass is 534 g/mol. The van der Waals surface area contributed by atoms with Gasteiger partial charge >= 0.3 is 0 Å². The minimum atomic E-state index is -2.65. The van der Waals surface area contributed by atoms with Crippen molar-refractivity contribution in [2.75, 3.05) is 32.8 Å². The predicted molar refractivity (Wildman–Crippen MR) is 134 cm³/mol. The Morgan fingerprint density at radius 3 is 2.50 bits per heavy atom. The van der Waals surface area contributed by atoms with Crippen molar-refractivity contribution in [3.63, 3.8) is 0 Å². The van der Waals surface area contributed by atoms with Crippen molar-refractivity contribution in [3.05, 3.63) is 47.9 Å². The van der Waals surface area contributed by atoms with Crippen LogP contribution in [0.2, 0.25) is 0 Å². The van der Waals surface area contributed by atoms with Gasteiger partial charge < -0.3 is 20.5 Å². The first-order chi connectivity index (χ1) is 18.1. The second-order valence-corrected chi connectivity index (χ2v) is 10.1. The molecule has 0 unspecified atom stereocenters. The molecule has 206 valence electrons. The number of aliphatic hydroxyl groups excluding tert-OH is 1. The molecular weight excluding hydrogens is 501 g/mol. The zero-order valence-corrected chi connectivity index (χ0v) is 21.3. The van der Waals surface area contributed by atoms with E-state index < -0.39 is 35.7 Å². The summed E-state index contributed by atoms with van der Waals surface area (Å²) in [6.45, 7) is 2.86. The molecule has 2 aliphatic heterocycles. The van der Waals surface area contributed by atoms with Gasteiger partial charge in [0, 0.05) is 37.2 Å². The van der Waals surface area contributed by atoms with Gasteiger partial charge in [0.25, 0.3) is 11.8 Å². The zero-order chi connectivity index (χ0) is 27.4. The number of hydrogen-bond donors (Lipinski definition) is 2. The third-order valence-corrected chi connectivity index (χ3v) is 7.28. The van der Waals surface area contributed by atoms with Crippen LogP contribution in [0.15, 0.2) is 36.5 Å². The number of hydrogen-bond acceptors (Lipinski definition) is 6. The van der Waals surface area contributed by atoms with Crippen molar-refractivity contribution in [2.24, 2.45) is 11.7 Å². The van der Waals surface area contributed by atoms with E-state index in [1.165, 1.54) is 19.1 Å². The molecule has 11 heteroatoms. The highest BCUT2D eigenvalue weighted by molar-refractivity contribution is 5.98. The van der Waals surface area contributed by atoms with Crippen LogP contribution in [-0.4, -0.2) is 82.6 Å². The lowest BCUT2D eigenvalue weighted by Crippen LogP contribution is -2.44. The van der Waals surface area contributed by atoms with Crippen molar-refractivity contribution in [2.45, 2.75) is 50.7 Å². The van der Waals surface area contributed by atoms with Crippen molar-refractivity contribution in [3.8, 4) is 17.0 Å². The Hall–Kier alpha value is -3.18. The molecule has 1 aromatic carbocycles. The van der Waals surface area contributed by atoms with Gasteiger partial charge in [-0.1, -0.05) is 13.0 Å². The Balaban J connectivity index is 1.32. The Labute approximate surface area is 219 Å². The Morgan fingerprint density at radius 1 is 1.18 bits per heavy atom. The average molecular weight is 535 g/mol. The lowest BCUT2D eigenvalue weighted by atomic mass is 9.97. The smallest absolute Gasteiger partial charge is 0.260 e. The number of alkyl halides is 2. The standard InChI is InChI=1S/C27H33F3N4O4/c1-2-27(29,30)16-33-9-7-17(8-10-33)15-38-24-6-4-19(13-32-24)18-3-5-21(22(28)11-18)26(37)34-14-20(35)12-23(34)25(31)36/h3-6,11,13,17,20,23,35H,2,7-10,12,14-16H2,1H3,(H2,31,36)/t20-,23+/m1/s1. The fourth-order valence-corrected chi connectivity index (χ4v) is 4.92. The van der Waals surface area contributed by atoms with Gasteiger partial charge in [0.05, 0.1) is 24.8 Å². The van der Waals surface area contributed by atoms with E-state index in [9.17, 15) is 27.9 Å². The summed E-state index contributed by atoms with van der Waals surface area (Å²) >= 11 is 0. The highest BCUT2D eigenvalue weighted by Crippen LogP contribution is 2.27. The zero-order valence-electron chi connectivity index (χ0n) is 21.3. The van der Waals surface area contributed by atoms with Crippen molar-refractivity contribution >= 4 is 11.8 Å². The molecule has 0 saturated carbocycles. The normalized spacial score (nSPS) is 21.0. The Morgan fingerprint density at radius 2 is 1.89 bits per heavy atom. The highest BCUT2D eigenvalue weighted by Gasteiger charge is 2.39. The van der Waals surface area contributed by atoms with E-state index in [1.807, 2.05) is 0 Å². The summed E-state index contributed by atoms with van der Waals surface area (Å²) in [7, 11) is 0. The number of primary amides is 1. The van der Waals surface area contributed by atoms with E-state index in [4.69, 9.17) is 10.5 Å². The summed E-state index contributed by atoms with van der Waals surface area (Å²) in [5.74, 6) is -4.21. The van der Waals surface area contributed by atoms with Crippen LogP contribution in [0.1, 0.15) is 43.0 Å². The van der Waals surface area contributed by atoms with Crippen LogP contribution in [0.25, 0.3) is 11.1 Å². The molecule has 2 saturated heterocycles. The van der Waals surface area contributed by atoms with Gasteiger partial charge in [-0.15, -0.1) is 0 Å². The van der Waals surface area contributed by atoms with E-state index in [0.717, 1.165) is 17.7 Å². The first-order valence-corrected chi connectivity index (χ1v) is 12.8. The number of aliphatic hydroxyl groups is 1. The lowest BCUT2D eigenvalue weighted by Gasteiger charge is -2.33. The molecule has 1 aromatic heterocycles. The SMILES string of the molecule is CCC(F)(F)CN1CCC(COc2ccc(-c3ccc(C(=O)N4C[C@H](O)C[C@H]4C(N)=O)c(F)c3)cn2)CC1. The van der Waals surface area contributed by atoms with Gasteiger partial charge in [-0.3, -0.25) is 14.5 Å². The number of aromatic nitrogens is 1. The number of rotatable bonds is 9. The minimum Gasteiger partial charge on any atom is -0.477 e. The summed E-state index contributed by atoms with van der Waals surface area (Å²) in [5, 5.41) is 9.83. The number of β-amino-alcohol motifs (C(OH)–C–C–N with tert-alkyl or cyclic N) is 1. The molecule has 0 spiro atoms. The number of ether oxygens (including phenoxy) is 1. The Bertz CT molecular complexity index is 1140. The number of carbonyl (C=O) groups is 2. The third-order valence-electron chi connectivity index (χ3n) is 7.28. The van der Waals surface area contributed by atoms with Gasteiger partial charge in [-0.2, -0.15) is 0 Å². The first-order valence-electron chi connectivity index (χ1n) is 12.8.